The van der Waals surface area contributed by atoms with Gasteiger partial charge in [0.15, 0.2) is 0 Å². The first-order valence-corrected chi connectivity index (χ1v) is 12.0. The van der Waals surface area contributed by atoms with E-state index in [0.717, 1.165) is 22.3 Å². The monoisotopic (exact) mass is 500 g/mol. The lowest BCUT2D eigenvalue weighted by Crippen LogP contribution is -2.34. The maximum absolute atomic E-state index is 11.7. The van der Waals surface area contributed by atoms with Gasteiger partial charge in [-0.25, -0.2) is 9.59 Å². The van der Waals surface area contributed by atoms with Gasteiger partial charge in [-0.05, 0) is 61.0 Å². The first-order valence-electron chi connectivity index (χ1n) is 10.8. The van der Waals surface area contributed by atoms with E-state index in [0.29, 0.717) is 35.9 Å². The summed E-state index contributed by atoms with van der Waals surface area (Å²) in [6.45, 7) is 4.24. The Morgan fingerprint density at radius 1 is 1.15 bits per heavy atom. The van der Waals surface area contributed by atoms with Crippen molar-refractivity contribution in [2.24, 2.45) is 0 Å². The van der Waals surface area contributed by atoms with Crippen molar-refractivity contribution in [2.75, 3.05) is 13.2 Å². The summed E-state index contributed by atoms with van der Waals surface area (Å²) in [5.74, 6) is 0.659. The number of carbonyl (C=O) groups excluding carboxylic acids is 2. The molecule has 1 aliphatic rings. The molecule has 0 spiro atoms. The van der Waals surface area contributed by atoms with Crippen molar-refractivity contribution in [3.8, 4) is 17.4 Å². The summed E-state index contributed by atoms with van der Waals surface area (Å²) < 4.78 is 12.3. The van der Waals surface area contributed by atoms with Crippen LogP contribution in [-0.4, -0.2) is 46.0 Å². The maximum atomic E-state index is 11.7. The topological polar surface area (TPSA) is 90.2 Å². The summed E-state index contributed by atoms with van der Waals surface area (Å²) in [6.07, 6.45) is 0.914. The lowest BCUT2D eigenvalue weighted by Gasteiger charge is -2.19. The van der Waals surface area contributed by atoms with Crippen molar-refractivity contribution < 1.29 is 29.0 Å². The van der Waals surface area contributed by atoms with Gasteiger partial charge in [-0.2, -0.15) is 0 Å². The molecule has 1 amide bonds. The van der Waals surface area contributed by atoms with E-state index >= 15 is 0 Å². The van der Waals surface area contributed by atoms with Gasteiger partial charge in [0.2, 0.25) is 9.83 Å². The van der Waals surface area contributed by atoms with E-state index in [4.69, 9.17) is 26.5 Å². The number of hydrogen-bond acceptors (Lipinski definition) is 8. The standard InChI is InChI=1S/C24H24N2O6S2/c1-3-25-18(14-30-23(25)29)12-16-4-8-19(9-5-16)31-20-10-6-17(7-11-20)13-21-22(28)26(24(33)34-21)32-15(2)27/h4-11,18,28H,3,12-14H2,1-2H3. The van der Waals surface area contributed by atoms with Crippen LogP contribution < -0.4 is 9.57 Å². The second-order valence-corrected chi connectivity index (χ2v) is 9.51. The molecule has 4 rings (SSSR count). The summed E-state index contributed by atoms with van der Waals surface area (Å²) in [5, 5.41) is 10.3. The molecule has 1 aliphatic heterocycles. The van der Waals surface area contributed by atoms with Gasteiger partial charge >= 0.3 is 12.1 Å². The average molecular weight is 501 g/mol. The third kappa shape index (κ3) is 5.40. The van der Waals surface area contributed by atoms with Crippen LogP contribution in [0.25, 0.3) is 0 Å². The van der Waals surface area contributed by atoms with Crippen LogP contribution in [0.4, 0.5) is 4.79 Å². The molecule has 1 unspecified atom stereocenters. The average Bonchev–Trinajstić information content (AvgIpc) is 3.29. The molecule has 0 aliphatic carbocycles. The van der Waals surface area contributed by atoms with Crippen LogP contribution in [0.1, 0.15) is 29.9 Å². The fourth-order valence-electron chi connectivity index (χ4n) is 3.72. The Labute approximate surface area is 205 Å². The Balaban J connectivity index is 1.36. The van der Waals surface area contributed by atoms with E-state index in [-0.39, 0.29) is 22.0 Å². The number of aromatic hydroxyl groups is 1. The first kappa shape index (κ1) is 23.8. The molecule has 0 radical (unpaired) electrons. The van der Waals surface area contributed by atoms with E-state index in [1.807, 2.05) is 55.5 Å². The third-order valence-electron chi connectivity index (χ3n) is 5.37. The van der Waals surface area contributed by atoms with Crippen LogP contribution in [-0.2, 0) is 22.4 Å². The van der Waals surface area contributed by atoms with Gasteiger partial charge in [0.1, 0.15) is 18.1 Å². The van der Waals surface area contributed by atoms with Gasteiger partial charge in [-0.3, -0.25) is 0 Å². The van der Waals surface area contributed by atoms with Crippen LogP contribution in [0.15, 0.2) is 48.5 Å². The fourth-order valence-corrected chi connectivity index (χ4v) is 4.98. The van der Waals surface area contributed by atoms with Crippen molar-refractivity contribution in [1.82, 2.24) is 9.63 Å². The van der Waals surface area contributed by atoms with Crippen LogP contribution in [0.5, 0.6) is 17.4 Å². The second kappa shape index (κ2) is 10.3. The van der Waals surface area contributed by atoms with Crippen molar-refractivity contribution >= 4 is 35.6 Å². The van der Waals surface area contributed by atoms with E-state index in [1.165, 1.54) is 18.3 Å². The van der Waals surface area contributed by atoms with Gasteiger partial charge in [-0.1, -0.05) is 24.3 Å². The van der Waals surface area contributed by atoms with Gasteiger partial charge < -0.3 is 24.3 Å². The van der Waals surface area contributed by atoms with Crippen molar-refractivity contribution in [3.05, 3.63) is 68.5 Å². The molecule has 0 bridgehead atoms. The number of carbonyl (C=O) groups is 2. The Morgan fingerprint density at radius 2 is 1.76 bits per heavy atom. The minimum atomic E-state index is -0.559. The number of ether oxygens (including phenoxy) is 2. The summed E-state index contributed by atoms with van der Waals surface area (Å²) >= 11 is 6.34. The number of nitrogens with zero attached hydrogens (tertiary/aromatic N) is 2. The molecule has 3 aromatic rings. The smallest absolute Gasteiger partial charge is 0.410 e. The number of cyclic esters (lactones) is 1. The number of amides is 1. The summed E-state index contributed by atoms with van der Waals surface area (Å²) in [4.78, 5) is 30.2. The zero-order valence-electron chi connectivity index (χ0n) is 18.7. The third-order valence-corrected chi connectivity index (χ3v) is 6.70. The molecular weight excluding hydrogens is 476 g/mol. The second-order valence-electron chi connectivity index (χ2n) is 7.78. The molecule has 2 heterocycles. The van der Waals surface area contributed by atoms with Gasteiger partial charge in [0.25, 0.3) is 0 Å². The fraction of sp³-hybridized carbons (Fsp3) is 0.292. The quantitative estimate of drug-likeness (QED) is 0.447. The molecular formula is C24H24N2O6S2. The minimum absolute atomic E-state index is 0.0554. The lowest BCUT2D eigenvalue weighted by molar-refractivity contribution is -0.142. The van der Waals surface area contributed by atoms with E-state index in [2.05, 4.69) is 0 Å². The Hall–Kier alpha value is -3.37. The van der Waals surface area contributed by atoms with Crippen LogP contribution in [0.3, 0.4) is 0 Å². The van der Waals surface area contributed by atoms with Gasteiger partial charge in [0, 0.05) is 19.9 Å². The molecule has 34 heavy (non-hydrogen) atoms. The summed E-state index contributed by atoms with van der Waals surface area (Å²) in [7, 11) is 0. The predicted molar refractivity (Wildman–Crippen MR) is 129 cm³/mol. The number of rotatable bonds is 8. The zero-order valence-corrected chi connectivity index (χ0v) is 20.4. The van der Waals surface area contributed by atoms with E-state index < -0.39 is 5.97 Å². The number of hydrogen-bond donors (Lipinski definition) is 1. The highest BCUT2D eigenvalue weighted by Crippen LogP contribution is 2.29. The molecule has 1 aromatic heterocycles. The van der Waals surface area contributed by atoms with Gasteiger partial charge in [0.05, 0.1) is 10.9 Å². The number of benzene rings is 2. The van der Waals surface area contributed by atoms with Crippen LogP contribution in [0, 0.1) is 3.95 Å². The van der Waals surface area contributed by atoms with Crippen LogP contribution in [0.2, 0.25) is 0 Å². The number of aromatic nitrogens is 1. The van der Waals surface area contributed by atoms with Crippen molar-refractivity contribution in [2.45, 2.75) is 32.7 Å². The highest BCUT2D eigenvalue weighted by atomic mass is 32.1. The van der Waals surface area contributed by atoms with E-state index in [1.54, 1.807) is 4.90 Å². The number of likely N-dealkylation sites (N-methyl/N-ethyl adjacent to an activating group) is 1. The largest absolute Gasteiger partial charge is 0.492 e. The molecule has 1 N–H and O–H groups in total. The Bertz CT molecular complexity index is 1230. The Kier molecular flexibility index (Phi) is 7.18. The molecule has 1 atom stereocenters. The molecule has 1 fully saturated rings. The molecule has 1 saturated heterocycles. The predicted octanol–water partition coefficient (Wildman–Crippen LogP) is 4.73. The number of thiazole rings is 1. The van der Waals surface area contributed by atoms with Crippen LogP contribution >= 0.6 is 23.6 Å². The highest BCUT2D eigenvalue weighted by molar-refractivity contribution is 7.73. The normalized spacial score (nSPS) is 15.3. The zero-order chi connectivity index (χ0) is 24.2. The molecule has 8 nitrogen and oxygen atoms in total. The highest BCUT2D eigenvalue weighted by Gasteiger charge is 2.31. The SMILES string of the molecule is CCN1C(=O)OCC1Cc1ccc(Oc2ccc(Cc3sc(=S)n(OC(C)=O)c3O)cc2)cc1. The van der Waals surface area contributed by atoms with Crippen molar-refractivity contribution in [1.29, 1.82) is 0 Å². The maximum Gasteiger partial charge on any atom is 0.410 e. The summed E-state index contributed by atoms with van der Waals surface area (Å²) in [6, 6.07) is 15.3. The minimum Gasteiger partial charge on any atom is -0.492 e. The Morgan fingerprint density at radius 3 is 2.35 bits per heavy atom. The summed E-state index contributed by atoms with van der Waals surface area (Å²) in [5.41, 5.74) is 2.05. The molecule has 2 aromatic carbocycles. The molecule has 0 saturated carbocycles. The van der Waals surface area contributed by atoms with Gasteiger partial charge in [-0.15, -0.1) is 16.1 Å². The molecule has 10 heteroatoms. The van der Waals surface area contributed by atoms with Crippen molar-refractivity contribution in [3.63, 3.8) is 0 Å². The first-order chi connectivity index (χ1) is 16.3. The van der Waals surface area contributed by atoms with E-state index in [9.17, 15) is 14.7 Å². The lowest BCUT2D eigenvalue weighted by atomic mass is 10.1. The molecule has 178 valence electrons.